The topological polar surface area (TPSA) is 66.9 Å². The Labute approximate surface area is 140 Å². The Bertz CT molecular complexity index is 596. The lowest BCUT2D eigenvalue weighted by Crippen LogP contribution is -2.35. The zero-order valence-electron chi connectivity index (χ0n) is 13.1. The maximum absolute atomic E-state index is 12.1. The molecule has 1 aliphatic carbocycles. The van der Waals surface area contributed by atoms with Crippen LogP contribution in [0.4, 0.5) is 5.82 Å². The van der Waals surface area contributed by atoms with Gasteiger partial charge in [0.15, 0.2) is 5.82 Å². The van der Waals surface area contributed by atoms with Crippen molar-refractivity contribution in [1.82, 2.24) is 15.3 Å². The molecule has 0 aromatic carbocycles. The molecule has 1 aliphatic rings. The van der Waals surface area contributed by atoms with Gasteiger partial charge in [-0.3, -0.25) is 9.78 Å². The molecule has 0 radical (unpaired) electrons. The Balaban J connectivity index is 1.59. The van der Waals surface area contributed by atoms with Crippen LogP contribution in [-0.4, -0.2) is 22.4 Å². The second-order valence-electron chi connectivity index (χ2n) is 5.91. The van der Waals surface area contributed by atoms with Crippen molar-refractivity contribution >= 4 is 23.1 Å². The molecule has 1 amide bonds. The molecule has 2 heterocycles. The molecule has 5 nitrogen and oxygen atoms in total. The van der Waals surface area contributed by atoms with Gasteiger partial charge in [0.2, 0.25) is 5.91 Å². The van der Waals surface area contributed by atoms with Crippen molar-refractivity contribution in [2.75, 3.05) is 11.9 Å². The molecule has 6 heteroatoms. The van der Waals surface area contributed by atoms with E-state index < -0.39 is 0 Å². The SMILES string of the molecule is O=C(CN[C@@H](c1cccs1)C1CCCCC1)Nc1cnccn1. The highest BCUT2D eigenvalue weighted by Crippen LogP contribution is 2.36. The van der Waals surface area contributed by atoms with Gasteiger partial charge < -0.3 is 10.6 Å². The average Bonchev–Trinajstić information content (AvgIpc) is 3.11. The number of hydrogen-bond donors (Lipinski definition) is 2. The van der Waals surface area contributed by atoms with E-state index in [0.29, 0.717) is 11.7 Å². The van der Waals surface area contributed by atoms with Crippen LogP contribution >= 0.6 is 11.3 Å². The monoisotopic (exact) mass is 330 g/mol. The van der Waals surface area contributed by atoms with Crippen LogP contribution in [0.3, 0.4) is 0 Å². The van der Waals surface area contributed by atoms with Crippen molar-refractivity contribution in [3.05, 3.63) is 41.0 Å². The van der Waals surface area contributed by atoms with E-state index in [2.05, 4.69) is 38.1 Å². The van der Waals surface area contributed by atoms with Crippen LogP contribution < -0.4 is 10.6 Å². The minimum atomic E-state index is -0.0807. The van der Waals surface area contributed by atoms with Gasteiger partial charge in [-0.2, -0.15) is 0 Å². The summed E-state index contributed by atoms with van der Waals surface area (Å²) in [6.45, 7) is 0.287. The van der Waals surface area contributed by atoms with Crippen LogP contribution in [0.15, 0.2) is 36.1 Å². The molecule has 0 saturated heterocycles. The zero-order valence-corrected chi connectivity index (χ0v) is 13.9. The largest absolute Gasteiger partial charge is 0.308 e. The van der Waals surface area contributed by atoms with Gasteiger partial charge in [0.25, 0.3) is 0 Å². The molecule has 0 bridgehead atoms. The van der Waals surface area contributed by atoms with E-state index in [1.807, 2.05) is 0 Å². The Morgan fingerprint density at radius 2 is 2.17 bits per heavy atom. The number of anilines is 1. The molecule has 1 saturated carbocycles. The summed E-state index contributed by atoms with van der Waals surface area (Å²) >= 11 is 1.76. The third-order valence-electron chi connectivity index (χ3n) is 4.28. The first-order valence-electron chi connectivity index (χ1n) is 8.15. The first kappa shape index (κ1) is 16.1. The number of aromatic nitrogens is 2. The van der Waals surface area contributed by atoms with Gasteiger partial charge in [-0.05, 0) is 30.2 Å². The quantitative estimate of drug-likeness (QED) is 0.852. The van der Waals surface area contributed by atoms with E-state index in [9.17, 15) is 4.79 Å². The third kappa shape index (κ3) is 4.59. The molecular formula is C17H22N4OS. The fourth-order valence-electron chi connectivity index (χ4n) is 3.19. The fourth-order valence-corrected chi connectivity index (χ4v) is 4.08. The van der Waals surface area contributed by atoms with E-state index in [0.717, 1.165) is 0 Å². The molecule has 0 spiro atoms. The van der Waals surface area contributed by atoms with Crippen molar-refractivity contribution in [2.24, 2.45) is 5.92 Å². The maximum atomic E-state index is 12.1. The van der Waals surface area contributed by atoms with Gasteiger partial charge in [-0.15, -0.1) is 11.3 Å². The predicted octanol–water partition coefficient (Wildman–Crippen LogP) is 3.39. The lowest BCUT2D eigenvalue weighted by molar-refractivity contribution is -0.115. The van der Waals surface area contributed by atoms with E-state index >= 15 is 0 Å². The van der Waals surface area contributed by atoms with Crippen LogP contribution in [0, 0.1) is 5.92 Å². The fraction of sp³-hybridized carbons (Fsp3) is 0.471. The van der Waals surface area contributed by atoms with E-state index in [4.69, 9.17) is 0 Å². The molecule has 23 heavy (non-hydrogen) atoms. The molecule has 0 unspecified atom stereocenters. The van der Waals surface area contributed by atoms with Crippen molar-refractivity contribution in [3.63, 3.8) is 0 Å². The second kappa shape index (κ2) is 8.17. The first-order valence-corrected chi connectivity index (χ1v) is 9.03. The van der Waals surface area contributed by atoms with Gasteiger partial charge in [0, 0.05) is 23.3 Å². The smallest absolute Gasteiger partial charge is 0.239 e. The third-order valence-corrected chi connectivity index (χ3v) is 5.24. The summed E-state index contributed by atoms with van der Waals surface area (Å²) in [5.41, 5.74) is 0. The van der Waals surface area contributed by atoms with E-state index in [1.54, 1.807) is 29.9 Å². The number of hydrogen-bond acceptors (Lipinski definition) is 5. The Morgan fingerprint density at radius 1 is 1.30 bits per heavy atom. The highest BCUT2D eigenvalue weighted by atomic mass is 32.1. The van der Waals surface area contributed by atoms with E-state index in [-0.39, 0.29) is 18.5 Å². The molecule has 122 valence electrons. The Hall–Kier alpha value is -1.79. The van der Waals surface area contributed by atoms with Gasteiger partial charge in [-0.1, -0.05) is 25.3 Å². The number of rotatable bonds is 6. The molecular weight excluding hydrogens is 308 g/mol. The summed E-state index contributed by atoms with van der Waals surface area (Å²) < 4.78 is 0. The summed E-state index contributed by atoms with van der Waals surface area (Å²) in [7, 11) is 0. The number of amides is 1. The summed E-state index contributed by atoms with van der Waals surface area (Å²) in [6, 6.07) is 4.51. The van der Waals surface area contributed by atoms with Gasteiger partial charge in [0.1, 0.15) is 0 Å². The predicted molar refractivity (Wildman–Crippen MR) is 92.3 cm³/mol. The maximum Gasteiger partial charge on any atom is 0.239 e. The van der Waals surface area contributed by atoms with Gasteiger partial charge in [-0.25, -0.2) is 4.98 Å². The van der Waals surface area contributed by atoms with Crippen LogP contribution in [0.25, 0.3) is 0 Å². The second-order valence-corrected chi connectivity index (χ2v) is 6.89. The molecule has 2 aromatic heterocycles. The molecule has 1 fully saturated rings. The number of thiophene rings is 1. The van der Waals surface area contributed by atoms with Gasteiger partial charge in [0.05, 0.1) is 12.7 Å². The van der Waals surface area contributed by atoms with Crippen molar-refractivity contribution in [3.8, 4) is 0 Å². The number of nitrogens with zero attached hydrogens (tertiary/aromatic N) is 2. The minimum absolute atomic E-state index is 0.0807. The molecule has 2 N–H and O–H groups in total. The molecule has 0 aliphatic heterocycles. The van der Waals surface area contributed by atoms with Gasteiger partial charge >= 0.3 is 0 Å². The van der Waals surface area contributed by atoms with E-state index in [1.165, 1.54) is 37.0 Å². The first-order chi connectivity index (χ1) is 11.3. The summed E-state index contributed by atoms with van der Waals surface area (Å²) in [5.74, 6) is 1.03. The van der Waals surface area contributed by atoms with Crippen molar-refractivity contribution < 1.29 is 4.79 Å². The average molecular weight is 330 g/mol. The lowest BCUT2D eigenvalue weighted by Gasteiger charge is -2.30. The van der Waals surface area contributed by atoms with Crippen LogP contribution in [0.2, 0.25) is 0 Å². The Morgan fingerprint density at radius 3 is 2.87 bits per heavy atom. The van der Waals surface area contributed by atoms with Crippen LogP contribution in [0.1, 0.15) is 43.0 Å². The van der Waals surface area contributed by atoms with Crippen molar-refractivity contribution in [1.29, 1.82) is 0 Å². The molecule has 3 rings (SSSR count). The van der Waals surface area contributed by atoms with Crippen molar-refractivity contribution in [2.45, 2.75) is 38.1 Å². The summed E-state index contributed by atoms with van der Waals surface area (Å²) in [6.07, 6.45) is 11.1. The van der Waals surface area contributed by atoms with Crippen LogP contribution in [-0.2, 0) is 4.79 Å². The lowest BCUT2D eigenvalue weighted by atomic mass is 9.83. The zero-order chi connectivity index (χ0) is 15.9. The Kier molecular flexibility index (Phi) is 5.71. The number of nitrogens with one attached hydrogen (secondary N) is 2. The molecule has 1 atom stereocenters. The summed E-state index contributed by atoms with van der Waals surface area (Å²) in [5, 5.41) is 8.34. The number of carbonyl (C=O) groups excluding carboxylic acids is 1. The highest BCUT2D eigenvalue weighted by Gasteiger charge is 2.26. The van der Waals surface area contributed by atoms with Crippen LogP contribution in [0.5, 0.6) is 0 Å². The summed E-state index contributed by atoms with van der Waals surface area (Å²) in [4.78, 5) is 21.5. The standard InChI is InChI=1S/C17H22N4OS/c22-16(21-15-11-18-8-9-19-15)12-20-17(14-7-4-10-23-14)13-5-2-1-3-6-13/h4,7-11,13,17,20H,1-3,5-6,12H2,(H,19,21,22)/t17-/m1/s1. The highest BCUT2D eigenvalue weighted by molar-refractivity contribution is 7.10. The molecule has 2 aromatic rings. The minimum Gasteiger partial charge on any atom is -0.308 e. The number of carbonyl (C=O) groups is 1. The normalized spacial score (nSPS) is 16.9.